The zero-order valence-electron chi connectivity index (χ0n) is 12.3. The largest absolute Gasteiger partial charge is 0.339 e. The SMILES string of the molecule is CC(C)CN1CC=C(c2cn(N)c3ccccc23)CC1. The summed E-state index contributed by atoms with van der Waals surface area (Å²) in [6.07, 6.45) is 5.54. The quantitative estimate of drug-likeness (QED) is 0.869. The van der Waals surface area contributed by atoms with Gasteiger partial charge in [0.15, 0.2) is 0 Å². The minimum absolute atomic E-state index is 0.732. The van der Waals surface area contributed by atoms with E-state index in [0.717, 1.165) is 30.9 Å². The molecule has 2 aromatic rings. The second kappa shape index (κ2) is 5.33. The van der Waals surface area contributed by atoms with Crippen LogP contribution in [-0.4, -0.2) is 29.2 Å². The van der Waals surface area contributed by atoms with Crippen LogP contribution in [0.1, 0.15) is 25.8 Å². The molecule has 1 aliphatic rings. The van der Waals surface area contributed by atoms with E-state index in [1.807, 2.05) is 6.07 Å². The van der Waals surface area contributed by atoms with Gasteiger partial charge in [0.1, 0.15) is 0 Å². The normalized spacial score (nSPS) is 16.9. The van der Waals surface area contributed by atoms with Gasteiger partial charge in [0.2, 0.25) is 0 Å². The summed E-state index contributed by atoms with van der Waals surface area (Å²) < 4.78 is 1.74. The van der Waals surface area contributed by atoms with E-state index in [4.69, 9.17) is 5.84 Å². The van der Waals surface area contributed by atoms with Gasteiger partial charge in [-0.1, -0.05) is 38.1 Å². The fourth-order valence-electron chi connectivity index (χ4n) is 3.10. The van der Waals surface area contributed by atoms with Crippen molar-refractivity contribution in [2.75, 3.05) is 25.5 Å². The van der Waals surface area contributed by atoms with Crippen molar-refractivity contribution in [1.29, 1.82) is 0 Å². The van der Waals surface area contributed by atoms with Gasteiger partial charge in [0.25, 0.3) is 0 Å². The summed E-state index contributed by atoms with van der Waals surface area (Å²) >= 11 is 0. The van der Waals surface area contributed by atoms with E-state index in [9.17, 15) is 0 Å². The van der Waals surface area contributed by atoms with E-state index in [1.54, 1.807) is 4.68 Å². The van der Waals surface area contributed by atoms with Crippen molar-refractivity contribution in [1.82, 2.24) is 9.58 Å². The van der Waals surface area contributed by atoms with Crippen molar-refractivity contribution in [2.45, 2.75) is 20.3 Å². The van der Waals surface area contributed by atoms with E-state index in [1.165, 1.54) is 23.1 Å². The number of nitrogens with zero attached hydrogens (tertiary/aromatic N) is 2. The average Bonchev–Trinajstić information content (AvgIpc) is 2.77. The molecule has 0 fully saturated rings. The summed E-state index contributed by atoms with van der Waals surface area (Å²) in [5.41, 5.74) is 3.84. The van der Waals surface area contributed by atoms with Crippen LogP contribution in [0.5, 0.6) is 0 Å². The molecule has 20 heavy (non-hydrogen) atoms. The first-order valence-electron chi connectivity index (χ1n) is 7.42. The molecule has 0 saturated carbocycles. The van der Waals surface area contributed by atoms with Crippen LogP contribution in [0.4, 0.5) is 0 Å². The first-order valence-corrected chi connectivity index (χ1v) is 7.42. The van der Waals surface area contributed by atoms with Crippen LogP contribution in [0.3, 0.4) is 0 Å². The van der Waals surface area contributed by atoms with Crippen molar-refractivity contribution in [2.24, 2.45) is 5.92 Å². The molecule has 0 saturated heterocycles. The molecule has 0 spiro atoms. The van der Waals surface area contributed by atoms with Gasteiger partial charge in [-0.05, 0) is 24.0 Å². The Bertz CT molecular complexity index is 637. The summed E-state index contributed by atoms with van der Waals surface area (Å²) in [4.78, 5) is 2.52. The standard InChI is InChI=1S/C17H23N3/c1-13(2)11-19-9-7-14(8-10-19)16-12-20(18)17-6-4-3-5-15(16)17/h3-7,12-13H,8-11,18H2,1-2H3. The minimum atomic E-state index is 0.732. The molecule has 106 valence electrons. The molecule has 2 heterocycles. The molecule has 3 nitrogen and oxygen atoms in total. The molecule has 0 aliphatic carbocycles. The zero-order chi connectivity index (χ0) is 14.1. The van der Waals surface area contributed by atoms with Crippen LogP contribution >= 0.6 is 0 Å². The zero-order valence-corrected chi connectivity index (χ0v) is 12.3. The maximum atomic E-state index is 6.06. The highest BCUT2D eigenvalue weighted by Crippen LogP contribution is 2.30. The number of fused-ring (bicyclic) bond motifs is 1. The van der Waals surface area contributed by atoms with Crippen LogP contribution in [0.15, 0.2) is 36.5 Å². The number of nitrogen functional groups attached to an aromatic ring is 1. The van der Waals surface area contributed by atoms with Gasteiger partial charge in [-0.2, -0.15) is 0 Å². The third-order valence-corrected chi connectivity index (χ3v) is 4.00. The van der Waals surface area contributed by atoms with E-state index in [-0.39, 0.29) is 0 Å². The Morgan fingerprint density at radius 2 is 2.05 bits per heavy atom. The summed E-state index contributed by atoms with van der Waals surface area (Å²) in [7, 11) is 0. The average molecular weight is 269 g/mol. The molecule has 0 amide bonds. The lowest BCUT2D eigenvalue weighted by molar-refractivity contribution is 0.268. The summed E-state index contributed by atoms with van der Waals surface area (Å²) in [6, 6.07) is 8.36. The van der Waals surface area contributed by atoms with Crippen LogP contribution in [-0.2, 0) is 0 Å². The lowest BCUT2D eigenvalue weighted by Gasteiger charge is -2.27. The number of nitrogens with two attached hydrogens (primary N) is 1. The second-order valence-corrected chi connectivity index (χ2v) is 6.10. The van der Waals surface area contributed by atoms with E-state index < -0.39 is 0 Å². The highest BCUT2D eigenvalue weighted by molar-refractivity contribution is 5.93. The molecule has 0 unspecified atom stereocenters. The van der Waals surface area contributed by atoms with Crippen LogP contribution in [0, 0.1) is 5.92 Å². The van der Waals surface area contributed by atoms with E-state index in [0.29, 0.717) is 0 Å². The fourth-order valence-corrected chi connectivity index (χ4v) is 3.10. The number of hydrogen-bond acceptors (Lipinski definition) is 2. The van der Waals surface area contributed by atoms with Crippen LogP contribution < -0.4 is 5.84 Å². The molecule has 0 radical (unpaired) electrons. The highest BCUT2D eigenvalue weighted by Gasteiger charge is 2.16. The lowest BCUT2D eigenvalue weighted by atomic mass is 9.98. The minimum Gasteiger partial charge on any atom is -0.339 e. The smallest absolute Gasteiger partial charge is 0.0696 e. The second-order valence-electron chi connectivity index (χ2n) is 6.10. The Labute approximate surface area is 120 Å². The summed E-state index contributed by atoms with van der Waals surface area (Å²) in [6.45, 7) is 7.94. The third-order valence-electron chi connectivity index (χ3n) is 4.00. The van der Waals surface area contributed by atoms with Crippen LogP contribution in [0.25, 0.3) is 16.5 Å². The van der Waals surface area contributed by atoms with E-state index >= 15 is 0 Å². The van der Waals surface area contributed by atoms with Gasteiger partial charge >= 0.3 is 0 Å². The monoisotopic (exact) mass is 269 g/mol. The molecule has 3 heteroatoms. The van der Waals surface area contributed by atoms with Crippen molar-refractivity contribution >= 4 is 16.5 Å². The van der Waals surface area contributed by atoms with Gasteiger partial charge in [-0.25, -0.2) is 0 Å². The molecule has 2 N–H and O–H groups in total. The Morgan fingerprint density at radius 3 is 2.75 bits per heavy atom. The summed E-state index contributed by atoms with van der Waals surface area (Å²) in [5.74, 6) is 6.79. The number of benzene rings is 1. The molecular weight excluding hydrogens is 246 g/mol. The fraction of sp³-hybridized carbons (Fsp3) is 0.412. The van der Waals surface area contributed by atoms with Gasteiger partial charge in [0.05, 0.1) is 5.52 Å². The number of aromatic nitrogens is 1. The van der Waals surface area contributed by atoms with Crippen molar-refractivity contribution < 1.29 is 0 Å². The predicted molar refractivity (Wildman–Crippen MR) is 86.0 cm³/mol. The Hall–Kier alpha value is -1.74. The van der Waals surface area contributed by atoms with Gasteiger partial charge in [-0.3, -0.25) is 9.58 Å². The number of rotatable bonds is 3. The number of para-hydroxylation sites is 1. The lowest BCUT2D eigenvalue weighted by Crippen LogP contribution is -2.31. The first-order chi connectivity index (χ1) is 9.65. The van der Waals surface area contributed by atoms with Crippen molar-refractivity contribution in [3.63, 3.8) is 0 Å². The van der Waals surface area contributed by atoms with Crippen LogP contribution in [0.2, 0.25) is 0 Å². The van der Waals surface area contributed by atoms with E-state index in [2.05, 4.69) is 49.2 Å². The Morgan fingerprint density at radius 1 is 1.25 bits per heavy atom. The first kappa shape index (κ1) is 13.3. The molecule has 1 aromatic heterocycles. The predicted octanol–water partition coefficient (Wildman–Crippen LogP) is 3.10. The molecule has 3 rings (SSSR count). The van der Waals surface area contributed by atoms with Gasteiger partial charge in [-0.15, -0.1) is 0 Å². The maximum absolute atomic E-state index is 6.06. The highest BCUT2D eigenvalue weighted by atomic mass is 15.3. The molecule has 0 bridgehead atoms. The Kier molecular flexibility index (Phi) is 3.53. The van der Waals surface area contributed by atoms with Gasteiger partial charge < -0.3 is 5.84 Å². The van der Waals surface area contributed by atoms with Gasteiger partial charge in [0, 0.05) is 36.8 Å². The molecule has 1 aliphatic heterocycles. The summed E-state index contributed by atoms with van der Waals surface area (Å²) in [5, 5.41) is 1.26. The number of hydrogen-bond donors (Lipinski definition) is 1. The molecule has 0 atom stereocenters. The Balaban J connectivity index is 1.88. The topological polar surface area (TPSA) is 34.2 Å². The maximum Gasteiger partial charge on any atom is 0.0696 e. The molecule has 1 aromatic carbocycles. The molecular formula is C17H23N3. The third kappa shape index (κ3) is 2.46. The van der Waals surface area contributed by atoms with Crippen molar-refractivity contribution in [3.05, 3.63) is 42.1 Å². The van der Waals surface area contributed by atoms with Crippen molar-refractivity contribution in [3.8, 4) is 0 Å².